The largest absolute Gasteiger partial charge is 0.462 e. The molecule has 1 amide bonds. The summed E-state index contributed by atoms with van der Waals surface area (Å²) in [5.74, 6) is -5.78. The van der Waals surface area contributed by atoms with Crippen LogP contribution in [0.4, 0.5) is 18.9 Å². The molecule has 150 valence electrons. The van der Waals surface area contributed by atoms with Gasteiger partial charge in [0.15, 0.2) is 17.5 Å². The Morgan fingerprint density at radius 1 is 1.11 bits per heavy atom. The Morgan fingerprint density at radius 3 is 2.39 bits per heavy atom. The van der Waals surface area contributed by atoms with Crippen molar-refractivity contribution in [2.75, 3.05) is 11.9 Å². The molecule has 0 bridgehead atoms. The zero-order valence-corrected chi connectivity index (χ0v) is 16.0. The molecule has 0 aliphatic heterocycles. The maximum Gasteiger partial charge on any atom is 0.340 e. The van der Waals surface area contributed by atoms with Crippen molar-refractivity contribution in [1.29, 1.82) is 0 Å². The van der Waals surface area contributed by atoms with E-state index in [2.05, 4.69) is 5.32 Å². The highest BCUT2D eigenvalue weighted by molar-refractivity contribution is 6.04. The van der Waals surface area contributed by atoms with Crippen LogP contribution in [0.2, 0.25) is 0 Å². The third-order valence-corrected chi connectivity index (χ3v) is 4.32. The molecule has 28 heavy (non-hydrogen) atoms. The van der Waals surface area contributed by atoms with Crippen LogP contribution in [0.25, 0.3) is 6.08 Å². The number of rotatable bonds is 6. The molecule has 1 N–H and O–H groups in total. The van der Waals surface area contributed by atoms with Gasteiger partial charge < -0.3 is 14.6 Å². The van der Waals surface area contributed by atoms with Crippen molar-refractivity contribution >= 4 is 23.6 Å². The van der Waals surface area contributed by atoms with E-state index in [1.165, 1.54) is 6.08 Å². The van der Waals surface area contributed by atoms with Gasteiger partial charge in [0.25, 0.3) is 0 Å². The lowest BCUT2D eigenvalue weighted by Gasteiger charge is -2.05. The first-order valence-electron chi connectivity index (χ1n) is 8.72. The molecule has 8 heteroatoms. The predicted octanol–water partition coefficient (Wildman–Crippen LogP) is 4.37. The lowest BCUT2D eigenvalue weighted by Crippen LogP contribution is -2.11. The van der Waals surface area contributed by atoms with Crippen LogP contribution in [0.5, 0.6) is 0 Å². The molecule has 2 aromatic rings. The first kappa shape index (κ1) is 21.3. The Bertz CT molecular complexity index is 949. The summed E-state index contributed by atoms with van der Waals surface area (Å²) in [7, 11) is 0. The molecule has 1 heterocycles. The Labute approximate surface area is 160 Å². The first-order valence-corrected chi connectivity index (χ1v) is 8.72. The first-order chi connectivity index (χ1) is 13.2. The number of aromatic nitrogens is 1. The van der Waals surface area contributed by atoms with E-state index in [0.29, 0.717) is 29.4 Å². The highest BCUT2D eigenvalue weighted by Gasteiger charge is 2.22. The number of carbonyl (C=O) groups excluding carboxylic acids is 2. The summed E-state index contributed by atoms with van der Waals surface area (Å²) in [5.41, 5.74) is 1.80. The Kier molecular flexibility index (Phi) is 6.66. The predicted molar refractivity (Wildman–Crippen MR) is 99.5 cm³/mol. The van der Waals surface area contributed by atoms with Gasteiger partial charge >= 0.3 is 5.97 Å². The molecule has 0 unspecified atom stereocenters. The molecule has 0 aliphatic carbocycles. The van der Waals surface area contributed by atoms with Gasteiger partial charge in [-0.15, -0.1) is 0 Å². The molecular weight excluding hydrogens is 373 g/mol. The van der Waals surface area contributed by atoms with Gasteiger partial charge in [-0.3, -0.25) is 4.79 Å². The Hall–Kier alpha value is -3.03. The highest BCUT2D eigenvalue weighted by atomic mass is 19.2. The van der Waals surface area contributed by atoms with Crippen molar-refractivity contribution in [1.82, 2.24) is 4.57 Å². The molecule has 0 fully saturated rings. The fourth-order valence-corrected chi connectivity index (χ4v) is 3.00. The molecular formula is C20H21F3N2O3. The quantitative estimate of drug-likeness (QED) is 0.450. The lowest BCUT2D eigenvalue weighted by atomic mass is 10.1. The average molecular weight is 394 g/mol. The summed E-state index contributed by atoms with van der Waals surface area (Å²) in [6.07, 6.45) is 2.50. The minimum Gasteiger partial charge on any atom is -0.462 e. The number of nitrogens with one attached hydrogen (secondary N) is 1. The summed E-state index contributed by atoms with van der Waals surface area (Å²) in [6, 6.07) is 1.64. The number of halogens is 3. The third-order valence-electron chi connectivity index (χ3n) is 4.32. The average Bonchev–Trinajstić information content (AvgIpc) is 2.90. The van der Waals surface area contributed by atoms with Gasteiger partial charge in [0, 0.05) is 29.6 Å². The topological polar surface area (TPSA) is 60.3 Å². The maximum absolute atomic E-state index is 13.7. The smallest absolute Gasteiger partial charge is 0.340 e. The van der Waals surface area contributed by atoms with E-state index in [0.717, 1.165) is 17.8 Å². The molecule has 0 aliphatic rings. The molecule has 0 radical (unpaired) electrons. The standard InChI is InChI=1S/C20H21F3N2O3/c1-5-25-11(3)13(17(12(25)4)20(27)28-6-2)7-10-16(26)24-15-9-8-14(21)18(22)19(15)23/h7-10H,5-6H2,1-4H3,(H,24,26)/b10-7+. The van der Waals surface area contributed by atoms with Crippen LogP contribution in [0.3, 0.4) is 0 Å². The van der Waals surface area contributed by atoms with Gasteiger partial charge in [-0.1, -0.05) is 0 Å². The molecule has 5 nitrogen and oxygen atoms in total. The highest BCUT2D eigenvalue weighted by Crippen LogP contribution is 2.25. The van der Waals surface area contributed by atoms with Gasteiger partial charge in [-0.25, -0.2) is 18.0 Å². The van der Waals surface area contributed by atoms with Crippen molar-refractivity contribution in [2.45, 2.75) is 34.2 Å². The summed E-state index contributed by atoms with van der Waals surface area (Å²) in [5, 5.41) is 2.15. The molecule has 1 aromatic heterocycles. The van der Waals surface area contributed by atoms with Gasteiger partial charge in [0.1, 0.15) is 0 Å². The number of hydrogen-bond acceptors (Lipinski definition) is 3. The number of carbonyl (C=O) groups is 2. The van der Waals surface area contributed by atoms with Crippen LogP contribution in [-0.4, -0.2) is 23.1 Å². The van der Waals surface area contributed by atoms with E-state index in [4.69, 9.17) is 4.74 Å². The lowest BCUT2D eigenvalue weighted by molar-refractivity contribution is -0.111. The van der Waals surface area contributed by atoms with E-state index in [-0.39, 0.29) is 6.61 Å². The number of esters is 1. The van der Waals surface area contributed by atoms with Crippen molar-refractivity contribution < 1.29 is 27.5 Å². The second kappa shape index (κ2) is 8.77. The SMILES string of the molecule is CCOC(=O)c1c(/C=C/C(=O)Nc2ccc(F)c(F)c2F)c(C)n(CC)c1C. The molecule has 0 saturated heterocycles. The van der Waals surface area contributed by atoms with Crippen molar-refractivity contribution in [3.8, 4) is 0 Å². The Morgan fingerprint density at radius 2 is 1.79 bits per heavy atom. The number of ether oxygens (including phenoxy) is 1. The zero-order valence-electron chi connectivity index (χ0n) is 16.0. The second-order valence-corrected chi connectivity index (χ2v) is 5.97. The minimum atomic E-state index is -1.67. The maximum atomic E-state index is 13.7. The fraction of sp³-hybridized carbons (Fsp3) is 0.300. The van der Waals surface area contributed by atoms with Crippen LogP contribution in [0, 0.1) is 31.3 Å². The fourth-order valence-electron chi connectivity index (χ4n) is 3.00. The van der Waals surface area contributed by atoms with Gasteiger partial charge in [-0.05, 0) is 45.9 Å². The normalized spacial score (nSPS) is 11.1. The summed E-state index contributed by atoms with van der Waals surface area (Å²) in [4.78, 5) is 24.4. The van der Waals surface area contributed by atoms with E-state index in [1.54, 1.807) is 20.8 Å². The van der Waals surface area contributed by atoms with Crippen LogP contribution in [0.1, 0.15) is 41.2 Å². The second-order valence-electron chi connectivity index (χ2n) is 5.97. The third kappa shape index (κ3) is 4.11. The molecule has 0 spiro atoms. The minimum absolute atomic E-state index is 0.202. The van der Waals surface area contributed by atoms with Gasteiger partial charge in [0.05, 0.1) is 17.9 Å². The van der Waals surface area contributed by atoms with Crippen molar-refractivity contribution in [3.05, 3.63) is 58.2 Å². The molecule has 2 rings (SSSR count). The number of hydrogen-bond donors (Lipinski definition) is 1. The van der Waals surface area contributed by atoms with E-state index >= 15 is 0 Å². The summed E-state index contributed by atoms with van der Waals surface area (Å²) in [6.45, 7) is 8.00. The number of nitrogens with zero attached hydrogens (tertiary/aromatic N) is 1. The van der Waals surface area contributed by atoms with Crippen molar-refractivity contribution in [3.63, 3.8) is 0 Å². The zero-order chi connectivity index (χ0) is 21.0. The molecule has 0 atom stereocenters. The van der Waals surface area contributed by atoms with E-state index < -0.39 is 35.0 Å². The molecule has 0 saturated carbocycles. The number of anilines is 1. The Balaban J connectivity index is 2.34. The van der Waals surface area contributed by atoms with E-state index in [1.807, 2.05) is 11.5 Å². The monoisotopic (exact) mass is 394 g/mol. The van der Waals surface area contributed by atoms with Crippen LogP contribution >= 0.6 is 0 Å². The van der Waals surface area contributed by atoms with Crippen LogP contribution < -0.4 is 5.32 Å². The van der Waals surface area contributed by atoms with Crippen LogP contribution in [0.15, 0.2) is 18.2 Å². The summed E-state index contributed by atoms with van der Waals surface area (Å²) < 4.78 is 46.9. The van der Waals surface area contributed by atoms with Crippen molar-refractivity contribution in [2.24, 2.45) is 0 Å². The van der Waals surface area contributed by atoms with Gasteiger partial charge in [0.2, 0.25) is 5.91 Å². The summed E-state index contributed by atoms with van der Waals surface area (Å²) >= 11 is 0. The van der Waals surface area contributed by atoms with Crippen LogP contribution in [-0.2, 0) is 16.1 Å². The van der Waals surface area contributed by atoms with Gasteiger partial charge in [-0.2, -0.15) is 0 Å². The number of amides is 1. The number of benzene rings is 1. The molecule has 1 aromatic carbocycles. The van der Waals surface area contributed by atoms with E-state index in [9.17, 15) is 22.8 Å².